The van der Waals surface area contributed by atoms with Gasteiger partial charge in [-0.2, -0.15) is 0 Å². The van der Waals surface area contributed by atoms with Crippen molar-refractivity contribution in [1.29, 1.82) is 0 Å². The van der Waals surface area contributed by atoms with Gasteiger partial charge in [-0.3, -0.25) is 15.0 Å². The topological polar surface area (TPSA) is 82.5 Å². The van der Waals surface area contributed by atoms with Crippen LogP contribution in [0.2, 0.25) is 0 Å². The van der Waals surface area contributed by atoms with Crippen molar-refractivity contribution in [1.82, 2.24) is 20.9 Å². The number of nitro groups is 1. The van der Waals surface area contributed by atoms with Gasteiger partial charge in [0.05, 0.1) is 4.92 Å². The summed E-state index contributed by atoms with van der Waals surface area (Å²) in [5.74, 6) is 0. The lowest BCUT2D eigenvalue weighted by atomic mass is 10.2. The summed E-state index contributed by atoms with van der Waals surface area (Å²) in [5.41, 5.74) is 1.17. The number of hydrogen-bond acceptors (Lipinski definition) is 6. The van der Waals surface area contributed by atoms with Gasteiger partial charge in [0.1, 0.15) is 0 Å². The van der Waals surface area contributed by atoms with Crippen LogP contribution in [0.3, 0.4) is 0 Å². The van der Waals surface area contributed by atoms with E-state index in [1.165, 1.54) is 0 Å². The third kappa shape index (κ3) is 7.35. The van der Waals surface area contributed by atoms with Crippen LogP contribution in [-0.2, 0) is 6.54 Å². The third-order valence-corrected chi connectivity index (χ3v) is 4.15. The summed E-state index contributed by atoms with van der Waals surface area (Å²) in [5, 5.41) is 21.3. The number of rotatable bonds is 3. The van der Waals surface area contributed by atoms with E-state index in [-0.39, 0.29) is 10.6 Å². The maximum atomic E-state index is 10.9. The van der Waals surface area contributed by atoms with Crippen molar-refractivity contribution in [3.63, 3.8) is 0 Å². The quantitative estimate of drug-likeness (QED) is 0.564. The number of nitro benzene ring substituents is 1. The fraction of sp³-hybridized carbons (Fsp3) is 0.647. The standard InChI is InChI=1S/C17H29N5O2/c23-22(24)17-5-1-4-16(14-17)15-21-12-3-8-19-10-9-18-6-2-7-20-11-13-21/h1,4-5,14,18-20H,2-3,6-13,15H2. The number of nitrogens with zero attached hydrogens (tertiary/aromatic N) is 2. The van der Waals surface area contributed by atoms with Crippen LogP contribution < -0.4 is 16.0 Å². The number of nitrogens with one attached hydrogen (secondary N) is 3. The number of non-ortho nitro benzene ring substituents is 1. The van der Waals surface area contributed by atoms with E-state index in [0.29, 0.717) is 0 Å². The summed E-state index contributed by atoms with van der Waals surface area (Å²) in [6.07, 6.45) is 2.21. The van der Waals surface area contributed by atoms with Gasteiger partial charge in [0, 0.05) is 44.9 Å². The minimum atomic E-state index is -0.328. The summed E-state index contributed by atoms with van der Waals surface area (Å²) >= 11 is 0. The van der Waals surface area contributed by atoms with Crippen molar-refractivity contribution in [2.75, 3.05) is 52.4 Å². The second-order valence-electron chi connectivity index (χ2n) is 6.16. The molecular weight excluding hydrogens is 306 g/mol. The molecule has 134 valence electrons. The zero-order valence-electron chi connectivity index (χ0n) is 14.3. The van der Waals surface area contributed by atoms with Crippen LogP contribution >= 0.6 is 0 Å². The van der Waals surface area contributed by atoms with Crippen molar-refractivity contribution < 1.29 is 4.92 Å². The van der Waals surface area contributed by atoms with Crippen LogP contribution in [0.15, 0.2) is 24.3 Å². The number of hydrogen-bond donors (Lipinski definition) is 3. The second-order valence-corrected chi connectivity index (χ2v) is 6.16. The molecule has 1 saturated heterocycles. The Labute approximate surface area is 144 Å². The molecule has 0 aliphatic carbocycles. The monoisotopic (exact) mass is 335 g/mol. The first-order valence-corrected chi connectivity index (χ1v) is 8.83. The van der Waals surface area contributed by atoms with Gasteiger partial charge in [0.2, 0.25) is 0 Å². The van der Waals surface area contributed by atoms with Gasteiger partial charge in [0.15, 0.2) is 0 Å². The minimum Gasteiger partial charge on any atom is -0.315 e. The number of benzene rings is 1. The Hall–Kier alpha value is -1.54. The SMILES string of the molecule is O=[N+]([O-])c1cccc(CN2CCCNCCNCCCNCC2)c1. The summed E-state index contributed by atoms with van der Waals surface area (Å²) in [6, 6.07) is 6.97. The molecule has 1 aromatic carbocycles. The fourth-order valence-corrected chi connectivity index (χ4v) is 2.85. The van der Waals surface area contributed by atoms with E-state index < -0.39 is 0 Å². The lowest BCUT2D eigenvalue weighted by Gasteiger charge is -2.23. The summed E-state index contributed by atoms with van der Waals surface area (Å²) < 4.78 is 0. The molecular formula is C17H29N5O2. The Morgan fingerprint density at radius 1 is 0.958 bits per heavy atom. The van der Waals surface area contributed by atoms with Crippen molar-refractivity contribution in [3.05, 3.63) is 39.9 Å². The van der Waals surface area contributed by atoms with Crippen molar-refractivity contribution in [3.8, 4) is 0 Å². The predicted molar refractivity (Wildman–Crippen MR) is 96.2 cm³/mol. The average molecular weight is 335 g/mol. The van der Waals surface area contributed by atoms with Crippen LogP contribution in [0, 0.1) is 10.1 Å². The van der Waals surface area contributed by atoms with Gasteiger partial charge < -0.3 is 16.0 Å². The lowest BCUT2D eigenvalue weighted by molar-refractivity contribution is -0.384. The largest absolute Gasteiger partial charge is 0.315 e. The zero-order valence-corrected chi connectivity index (χ0v) is 14.3. The van der Waals surface area contributed by atoms with Gasteiger partial charge in [0.25, 0.3) is 5.69 Å². The zero-order chi connectivity index (χ0) is 17.0. The van der Waals surface area contributed by atoms with E-state index in [9.17, 15) is 10.1 Å². The van der Waals surface area contributed by atoms with Crippen molar-refractivity contribution >= 4 is 5.69 Å². The van der Waals surface area contributed by atoms with E-state index in [2.05, 4.69) is 20.9 Å². The van der Waals surface area contributed by atoms with Crippen molar-refractivity contribution in [2.24, 2.45) is 0 Å². The Morgan fingerprint density at radius 2 is 1.67 bits per heavy atom. The lowest BCUT2D eigenvalue weighted by Crippen LogP contribution is -2.36. The molecule has 7 heteroatoms. The van der Waals surface area contributed by atoms with Crippen LogP contribution in [-0.4, -0.2) is 62.2 Å². The molecule has 0 unspecified atom stereocenters. The first kappa shape index (κ1) is 18.8. The molecule has 0 spiro atoms. The molecule has 7 nitrogen and oxygen atoms in total. The van der Waals surface area contributed by atoms with Gasteiger partial charge in [-0.15, -0.1) is 0 Å². The van der Waals surface area contributed by atoms with E-state index in [0.717, 1.165) is 77.3 Å². The molecule has 0 aromatic heterocycles. The predicted octanol–water partition coefficient (Wildman–Crippen LogP) is 0.959. The Kier molecular flexibility index (Phi) is 8.69. The molecule has 0 saturated carbocycles. The van der Waals surface area contributed by atoms with Crippen LogP contribution in [0.5, 0.6) is 0 Å². The summed E-state index contributed by atoms with van der Waals surface area (Å²) in [4.78, 5) is 13.0. The summed E-state index contributed by atoms with van der Waals surface area (Å²) in [6.45, 7) is 8.72. The highest BCUT2D eigenvalue weighted by molar-refractivity contribution is 5.34. The molecule has 24 heavy (non-hydrogen) atoms. The molecule has 3 N–H and O–H groups in total. The van der Waals surface area contributed by atoms with Gasteiger partial charge in [-0.1, -0.05) is 12.1 Å². The fourth-order valence-electron chi connectivity index (χ4n) is 2.85. The normalized spacial score (nSPS) is 19.5. The van der Waals surface area contributed by atoms with E-state index in [1.807, 2.05) is 6.07 Å². The van der Waals surface area contributed by atoms with Crippen LogP contribution in [0.1, 0.15) is 18.4 Å². The first-order valence-electron chi connectivity index (χ1n) is 8.83. The third-order valence-electron chi connectivity index (χ3n) is 4.15. The Morgan fingerprint density at radius 3 is 2.42 bits per heavy atom. The van der Waals surface area contributed by atoms with Gasteiger partial charge >= 0.3 is 0 Å². The summed E-state index contributed by atoms with van der Waals surface area (Å²) in [7, 11) is 0. The molecule has 0 radical (unpaired) electrons. The van der Waals surface area contributed by atoms with Gasteiger partial charge in [-0.25, -0.2) is 0 Å². The molecule has 1 aliphatic rings. The van der Waals surface area contributed by atoms with Gasteiger partial charge in [-0.05, 0) is 44.6 Å². The van der Waals surface area contributed by atoms with Crippen molar-refractivity contribution in [2.45, 2.75) is 19.4 Å². The Bertz CT molecular complexity index is 484. The average Bonchev–Trinajstić information content (AvgIpc) is 2.58. The van der Waals surface area contributed by atoms with E-state index in [4.69, 9.17) is 0 Å². The maximum Gasteiger partial charge on any atom is 0.269 e. The van der Waals surface area contributed by atoms with E-state index in [1.54, 1.807) is 18.2 Å². The molecule has 0 amide bonds. The molecule has 1 aliphatic heterocycles. The smallest absolute Gasteiger partial charge is 0.269 e. The molecule has 0 bridgehead atoms. The highest BCUT2D eigenvalue weighted by Crippen LogP contribution is 2.14. The van der Waals surface area contributed by atoms with E-state index >= 15 is 0 Å². The second kappa shape index (κ2) is 11.1. The highest BCUT2D eigenvalue weighted by atomic mass is 16.6. The maximum absolute atomic E-state index is 10.9. The first-order chi connectivity index (χ1) is 11.8. The molecule has 0 atom stereocenters. The molecule has 1 heterocycles. The molecule has 1 fully saturated rings. The Balaban J connectivity index is 1.88. The van der Waals surface area contributed by atoms with Crippen LogP contribution in [0.25, 0.3) is 0 Å². The molecule has 1 aromatic rings. The minimum absolute atomic E-state index is 0.168. The highest BCUT2D eigenvalue weighted by Gasteiger charge is 2.10. The molecule has 2 rings (SSSR count). The van der Waals surface area contributed by atoms with Crippen LogP contribution in [0.4, 0.5) is 5.69 Å².